The summed E-state index contributed by atoms with van der Waals surface area (Å²) in [5, 5.41) is 11.6. The Hall–Kier alpha value is -2.32. The zero-order chi connectivity index (χ0) is 18.4. The average molecular weight is 364 g/mol. The molecule has 2 rings (SSSR count). The Labute approximate surface area is 151 Å². The number of piperidine rings is 1. The lowest BCUT2D eigenvalue weighted by Crippen LogP contribution is -2.44. The highest BCUT2D eigenvalue weighted by molar-refractivity contribution is 7.80. The van der Waals surface area contributed by atoms with Gasteiger partial charge in [-0.15, -0.1) is 0 Å². The highest BCUT2D eigenvalue weighted by Crippen LogP contribution is 2.21. The molecule has 0 atom stereocenters. The van der Waals surface area contributed by atoms with Crippen LogP contribution in [0.25, 0.3) is 6.08 Å². The largest absolute Gasteiger partial charge is 0.392 e. The molecule has 0 spiro atoms. The molecular formula is C17H21FN4O2S. The van der Waals surface area contributed by atoms with Crippen LogP contribution in [-0.2, 0) is 6.61 Å². The van der Waals surface area contributed by atoms with Gasteiger partial charge in [-0.25, -0.2) is 14.2 Å². The molecule has 1 aliphatic heterocycles. The number of carbonyl (C=O) groups is 1. The minimum Gasteiger partial charge on any atom is -0.392 e. The van der Waals surface area contributed by atoms with E-state index in [4.69, 9.17) is 23.1 Å². The number of amidine groups is 1. The fourth-order valence-electron chi connectivity index (χ4n) is 2.51. The van der Waals surface area contributed by atoms with Crippen molar-refractivity contribution in [3.05, 3.63) is 40.7 Å². The van der Waals surface area contributed by atoms with E-state index in [1.165, 1.54) is 6.07 Å². The molecule has 1 fully saturated rings. The Bertz CT molecular complexity index is 719. The van der Waals surface area contributed by atoms with E-state index >= 15 is 0 Å². The van der Waals surface area contributed by atoms with Crippen LogP contribution < -0.4 is 11.1 Å². The number of amides is 2. The van der Waals surface area contributed by atoms with Gasteiger partial charge in [0, 0.05) is 18.7 Å². The summed E-state index contributed by atoms with van der Waals surface area (Å²) in [6.45, 7) is 2.43. The van der Waals surface area contributed by atoms with Gasteiger partial charge < -0.3 is 15.7 Å². The quantitative estimate of drug-likeness (QED) is 0.426. The number of aliphatic hydroxyl groups excluding tert-OH is 1. The van der Waals surface area contributed by atoms with E-state index in [-0.39, 0.29) is 29.4 Å². The zero-order valence-corrected chi connectivity index (χ0v) is 14.8. The van der Waals surface area contributed by atoms with Crippen LogP contribution in [0.5, 0.6) is 0 Å². The van der Waals surface area contributed by atoms with E-state index in [0.29, 0.717) is 37.1 Å². The van der Waals surface area contributed by atoms with Crippen LogP contribution in [0.1, 0.15) is 30.9 Å². The summed E-state index contributed by atoms with van der Waals surface area (Å²) in [5.41, 5.74) is 7.51. The Morgan fingerprint density at radius 3 is 2.72 bits per heavy atom. The fourth-order valence-corrected chi connectivity index (χ4v) is 2.74. The van der Waals surface area contributed by atoms with Gasteiger partial charge in [-0.05, 0) is 43.6 Å². The van der Waals surface area contributed by atoms with Crippen molar-refractivity contribution in [2.45, 2.75) is 26.4 Å². The molecule has 1 heterocycles. The molecule has 0 saturated carbocycles. The first-order valence-corrected chi connectivity index (χ1v) is 8.29. The molecule has 25 heavy (non-hydrogen) atoms. The number of halogens is 1. The van der Waals surface area contributed by atoms with Crippen molar-refractivity contribution < 1.29 is 14.3 Å². The summed E-state index contributed by atoms with van der Waals surface area (Å²) in [6, 6.07) is 4.36. The second-order valence-electron chi connectivity index (χ2n) is 5.79. The Balaban J connectivity index is 1.94. The topological polar surface area (TPSA) is 90.9 Å². The first kappa shape index (κ1) is 19.0. The van der Waals surface area contributed by atoms with Crippen LogP contribution in [0.2, 0.25) is 0 Å². The molecule has 0 aromatic heterocycles. The third kappa shape index (κ3) is 5.61. The molecule has 0 bridgehead atoms. The smallest absolute Gasteiger partial charge is 0.323 e. The minimum atomic E-state index is -0.361. The Morgan fingerprint density at radius 2 is 2.16 bits per heavy atom. The zero-order valence-electron chi connectivity index (χ0n) is 14.0. The summed E-state index contributed by atoms with van der Waals surface area (Å²) in [6.07, 6.45) is 3.11. The minimum absolute atomic E-state index is 0.0392. The third-order valence-corrected chi connectivity index (χ3v) is 3.99. The maximum absolute atomic E-state index is 14.0. The second-order valence-corrected chi connectivity index (χ2v) is 6.18. The maximum Gasteiger partial charge on any atom is 0.323 e. The summed E-state index contributed by atoms with van der Waals surface area (Å²) in [7, 11) is 0. The van der Waals surface area contributed by atoms with Gasteiger partial charge in [0.2, 0.25) is 5.11 Å². The number of hydrogen-bond donors (Lipinski definition) is 3. The highest BCUT2D eigenvalue weighted by Gasteiger charge is 2.19. The lowest BCUT2D eigenvalue weighted by Gasteiger charge is -2.28. The van der Waals surface area contributed by atoms with Crippen molar-refractivity contribution in [3.8, 4) is 0 Å². The van der Waals surface area contributed by atoms with Crippen molar-refractivity contribution in [3.63, 3.8) is 0 Å². The number of urea groups is 1. The van der Waals surface area contributed by atoms with Crippen LogP contribution in [-0.4, -0.2) is 40.1 Å². The van der Waals surface area contributed by atoms with E-state index in [1.807, 2.05) is 0 Å². The van der Waals surface area contributed by atoms with Gasteiger partial charge >= 0.3 is 6.03 Å². The molecule has 1 saturated heterocycles. The first-order chi connectivity index (χ1) is 11.9. The van der Waals surface area contributed by atoms with E-state index in [2.05, 4.69) is 10.3 Å². The molecule has 1 aromatic carbocycles. The lowest BCUT2D eigenvalue weighted by atomic mass is 10.0. The normalized spacial score (nSPS) is 15.1. The molecule has 134 valence electrons. The summed E-state index contributed by atoms with van der Waals surface area (Å²) in [4.78, 5) is 17.5. The fraction of sp³-hybridized carbons (Fsp3) is 0.353. The molecular weight excluding hydrogens is 343 g/mol. The van der Waals surface area contributed by atoms with Crippen molar-refractivity contribution in [2.75, 3.05) is 13.1 Å². The molecule has 4 N–H and O–H groups in total. The number of aliphatic imine (C=N–C) groups is 1. The highest BCUT2D eigenvalue weighted by atomic mass is 32.1. The van der Waals surface area contributed by atoms with Gasteiger partial charge in [0.15, 0.2) is 0 Å². The molecule has 6 nitrogen and oxygen atoms in total. The SMILES string of the molecule is C/C(N)=N/C(=S)NC(=O)N1CCC(=Cc2ccc(CO)cc2F)CC1. The van der Waals surface area contributed by atoms with Crippen LogP contribution in [0.3, 0.4) is 0 Å². The number of nitrogens with one attached hydrogen (secondary N) is 1. The van der Waals surface area contributed by atoms with E-state index < -0.39 is 0 Å². The molecule has 0 radical (unpaired) electrons. The van der Waals surface area contributed by atoms with Crippen LogP contribution in [0.4, 0.5) is 9.18 Å². The van der Waals surface area contributed by atoms with Gasteiger partial charge in [0.05, 0.1) is 12.4 Å². The predicted molar refractivity (Wildman–Crippen MR) is 99.5 cm³/mol. The lowest BCUT2D eigenvalue weighted by molar-refractivity contribution is 0.199. The maximum atomic E-state index is 14.0. The van der Waals surface area contributed by atoms with E-state index in [1.54, 1.807) is 30.0 Å². The molecule has 1 aliphatic rings. The van der Waals surface area contributed by atoms with Crippen molar-refractivity contribution in [1.29, 1.82) is 0 Å². The predicted octanol–water partition coefficient (Wildman–Crippen LogP) is 2.17. The number of nitrogens with two attached hydrogens (primary N) is 1. The van der Waals surface area contributed by atoms with Gasteiger partial charge in [0.25, 0.3) is 0 Å². The van der Waals surface area contributed by atoms with E-state index in [9.17, 15) is 9.18 Å². The van der Waals surface area contributed by atoms with Crippen molar-refractivity contribution in [1.82, 2.24) is 10.2 Å². The molecule has 8 heteroatoms. The molecule has 2 amide bonds. The van der Waals surface area contributed by atoms with Crippen molar-refractivity contribution >= 4 is 35.3 Å². The molecule has 0 aliphatic carbocycles. The monoisotopic (exact) mass is 364 g/mol. The number of thiocarbonyl (C=S) groups is 1. The van der Waals surface area contributed by atoms with Gasteiger partial charge in [-0.3, -0.25) is 5.32 Å². The van der Waals surface area contributed by atoms with Gasteiger partial charge in [-0.2, -0.15) is 0 Å². The summed E-state index contributed by atoms with van der Waals surface area (Å²) >= 11 is 4.92. The number of likely N-dealkylation sites (tertiary alicyclic amines) is 1. The van der Waals surface area contributed by atoms with Gasteiger partial charge in [0.1, 0.15) is 5.82 Å². The summed E-state index contributed by atoms with van der Waals surface area (Å²) < 4.78 is 14.0. The van der Waals surface area contributed by atoms with Crippen molar-refractivity contribution in [2.24, 2.45) is 10.7 Å². The number of nitrogens with zero attached hydrogens (tertiary/aromatic N) is 2. The van der Waals surface area contributed by atoms with Gasteiger partial charge in [-0.1, -0.05) is 23.8 Å². The van der Waals surface area contributed by atoms with Crippen LogP contribution >= 0.6 is 12.2 Å². The average Bonchev–Trinajstić information content (AvgIpc) is 2.56. The number of aliphatic hydroxyl groups is 1. The Kier molecular flexibility index (Phi) is 6.60. The van der Waals surface area contributed by atoms with Crippen LogP contribution in [0, 0.1) is 5.82 Å². The molecule has 0 unspecified atom stereocenters. The summed E-state index contributed by atoms with van der Waals surface area (Å²) in [5.74, 6) is -0.0806. The van der Waals surface area contributed by atoms with Crippen LogP contribution in [0.15, 0.2) is 28.8 Å². The Morgan fingerprint density at radius 1 is 1.48 bits per heavy atom. The number of hydrogen-bond acceptors (Lipinski definition) is 3. The number of carbonyl (C=O) groups excluding carboxylic acids is 1. The standard InChI is InChI=1S/C17H21FN4O2S/c1-11(19)20-16(25)21-17(24)22-6-4-12(5-7-22)8-14-3-2-13(10-23)9-15(14)18/h2-3,8-9,23H,4-7,10H2,1H3,(H3,19,20,21,24,25). The van der Waals surface area contributed by atoms with E-state index in [0.717, 1.165) is 5.57 Å². The first-order valence-electron chi connectivity index (χ1n) is 7.88. The molecule has 1 aromatic rings. The second kappa shape index (κ2) is 8.68. The third-order valence-electron chi connectivity index (χ3n) is 3.79. The number of rotatable bonds is 2. The number of benzene rings is 1.